The molecule has 0 N–H and O–H groups in total. The van der Waals surface area contributed by atoms with Crippen molar-refractivity contribution in [1.82, 2.24) is 4.90 Å². The zero-order valence-corrected chi connectivity index (χ0v) is 12.8. The van der Waals surface area contributed by atoms with E-state index in [1.165, 1.54) is 24.3 Å². The molecular formula is C19H19F2NO. The molecule has 2 aromatic carbocycles. The molecule has 23 heavy (non-hydrogen) atoms. The molecule has 1 saturated heterocycles. The Hall–Kier alpha value is -2.23. The fourth-order valence-electron chi connectivity index (χ4n) is 3.18. The van der Waals surface area contributed by atoms with Gasteiger partial charge in [-0.3, -0.25) is 4.79 Å². The number of benzene rings is 2. The molecule has 3 rings (SSSR count). The van der Waals surface area contributed by atoms with E-state index in [9.17, 15) is 13.6 Å². The highest BCUT2D eigenvalue weighted by molar-refractivity contribution is 5.79. The number of rotatable bonds is 3. The second-order valence-corrected chi connectivity index (χ2v) is 5.96. The minimum absolute atomic E-state index is 0.00961. The number of carbonyl (C=O) groups is 1. The molecule has 1 aliphatic rings. The van der Waals surface area contributed by atoms with E-state index < -0.39 is 0 Å². The van der Waals surface area contributed by atoms with Gasteiger partial charge in [0.25, 0.3) is 0 Å². The first-order valence-electron chi connectivity index (χ1n) is 7.93. The van der Waals surface area contributed by atoms with Gasteiger partial charge in [-0.25, -0.2) is 8.78 Å². The third-order valence-corrected chi connectivity index (χ3v) is 4.32. The minimum atomic E-state index is -0.330. The van der Waals surface area contributed by atoms with Crippen molar-refractivity contribution in [1.29, 1.82) is 0 Å². The van der Waals surface area contributed by atoms with E-state index in [-0.39, 0.29) is 30.0 Å². The van der Waals surface area contributed by atoms with Crippen molar-refractivity contribution in [2.75, 3.05) is 6.54 Å². The van der Waals surface area contributed by atoms with Crippen molar-refractivity contribution >= 4 is 5.91 Å². The molecule has 0 radical (unpaired) electrons. The number of likely N-dealkylation sites (tertiary alicyclic amines) is 1. The summed E-state index contributed by atoms with van der Waals surface area (Å²) in [5, 5.41) is 0. The average Bonchev–Trinajstić information content (AvgIpc) is 2.55. The smallest absolute Gasteiger partial charge is 0.227 e. The lowest BCUT2D eigenvalue weighted by Crippen LogP contribution is -2.39. The van der Waals surface area contributed by atoms with Crippen molar-refractivity contribution in [2.45, 2.75) is 31.7 Å². The Morgan fingerprint density at radius 1 is 1.04 bits per heavy atom. The van der Waals surface area contributed by atoms with Crippen LogP contribution >= 0.6 is 0 Å². The molecule has 0 aliphatic carbocycles. The highest BCUT2D eigenvalue weighted by atomic mass is 19.1. The summed E-state index contributed by atoms with van der Waals surface area (Å²) in [5.74, 6) is -0.615. The van der Waals surface area contributed by atoms with Gasteiger partial charge in [0.2, 0.25) is 5.91 Å². The summed E-state index contributed by atoms with van der Waals surface area (Å²) in [4.78, 5) is 14.5. The number of amides is 1. The molecule has 0 spiro atoms. The molecule has 0 saturated carbocycles. The van der Waals surface area contributed by atoms with Crippen molar-refractivity contribution in [3.8, 4) is 0 Å². The van der Waals surface area contributed by atoms with Crippen LogP contribution < -0.4 is 0 Å². The SMILES string of the molecule is O=C(Cc1cccc(F)c1)N1CCCC[C@H]1c1ccc(F)cc1. The first kappa shape index (κ1) is 15.7. The zero-order valence-electron chi connectivity index (χ0n) is 12.8. The van der Waals surface area contributed by atoms with Gasteiger partial charge in [0.15, 0.2) is 0 Å². The summed E-state index contributed by atoms with van der Waals surface area (Å²) in [6, 6.07) is 12.5. The monoisotopic (exact) mass is 315 g/mol. The van der Waals surface area contributed by atoms with Crippen LogP contribution in [-0.4, -0.2) is 17.4 Å². The lowest BCUT2D eigenvalue weighted by molar-refractivity contribution is -0.134. The molecule has 1 heterocycles. The lowest BCUT2D eigenvalue weighted by Gasteiger charge is -2.36. The Bertz CT molecular complexity index is 684. The van der Waals surface area contributed by atoms with Crippen LogP contribution in [0.3, 0.4) is 0 Å². The van der Waals surface area contributed by atoms with Gasteiger partial charge < -0.3 is 4.90 Å². The first-order valence-corrected chi connectivity index (χ1v) is 7.93. The highest BCUT2D eigenvalue weighted by Crippen LogP contribution is 2.31. The fourth-order valence-corrected chi connectivity index (χ4v) is 3.18. The Kier molecular flexibility index (Phi) is 4.70. The molecule has 1 aliphatic heterocycles. The van der Waals surface area contributed by atoms with E-state index in [1.54, 1.807) is 24.3 Å². The maximum Gasteiger partial charge on any atom is 0.227 e. The van der Waals surface area contributed by atoms with Gasteiger partial charge >= 0.3 is 0 Å². The average molecular weight is 315 g/mol. The molecule has 2 nitrogen and oxygen atoms in total. The highest BCUT2D eigenvalue weighted by Gasteiger charge is 2.27. The van der Waals surface area contributed by atoms with Crippen LogP contribution in [0.2, 0.25) is 0 Å². The summed E-state index contributed by atoms with van der Waals surface area (Å²) in [7, 11) is 0. The van der Waals surface area contributed by atoms with Gasteiger partial charge in [0, 0.05) is 6.54 Å². The lowest BCUT2D eigenvalue weighted by atomic mass is 9.94. The Balaban J connectivity index is 1.77. The summed E-state index contributed by atoms with van der Waals surface area (Å²) >= 11 is 0. The predicted octanol–water partition coefficient (Wildman–Crippen LogP) is 4.26. The molecule has 1 atom stereocenters. The van der Waals surface area contributed by atoms with E-state index >= 15 is 0 Å². The van der Waals surface area contributed by atoms with Crippen LogP contribution in [-0.2, 0) is 11.2 Å². The second-order valence-electron chi connectivity index (χ2n) is 5.96. The molecule has 0 unspecified atom stereocenters. The van der Waals surface area contributed by atoms with Crippen LogP contribution in [0.1, 0.15) is 36.4 Å². The topological polar surface area (TPSA) is 20.3 Å². The van der Waals surface area contributed by atoms with Crippen LogP contribution in [0, 0.1) is 11.6 Å². The third kappa shape index (κ3) is 3.76. The van der Waals surface area contributed by atoms with Crippen molar-refractivity contribution < 1.29 is 13.6 Å². The van der Waals surface area contributed by atoms with Gasteiger partial charge in [-0.15, -0.1) is 0 Å². The minimum Gasteiger partial charge on any atom is -0.335 e. The normalized spacial score (nSPS) is 18.0. The number of hydrogen-bond donors (Lipinski definition) is 0. The Labute approximate surface area is 134 Å². The second kappa shape index (κ2) is 6.90. The van der Waals surface area contributed by atoms with Gasteiger partial charge in [-0.2, -0.15) is 0 Å². The summed E-state index contributed by atoms with van der Waals surface area (Å²) in [6.07, 6.45) is 3.08. The van der Waals surface area contributed by atoms with E-state index in [1.807, 2.05) is 4.90 Å². The summed E-state index contributed by atoms with van der Waals surface area (Å²) in [6.45, 7) is 0.691. The Morgan fingerprint density at radius 2 is 1.83 bits per heavy atom. The molecule has 1 fully saturated rings. The van der Waals surface area contributed by atoms with Gasteiger partial charge in [0.1, 0.15) is 11.6 Å². The number of hydrogen-bond acceptors (Lipinski definition) is 1. The molecule has 0 aromatic heterocycles. The Morgan fingerprint density at radius 3 is 2.57 bits per heavy atom. The maximum absolute atomic E-state index is 13.3. The summed E-state index contributed by atoms with van der Waals surface area (Å²) in [5.41, 5.74) is 1.64. The molecule has 0 bridgehead atoms. The van der Waals surface area contributed by atoms with Crippen molar-refractivity contribution in [2.24, 2.45) is 0 Å². The van der Waals surface area contributed by atoms with E-state index in [4.69, 9.17) is 0 Å². The molecule has 4 heteroatoms. The van der Waals surface area contributed by atoms with Crippen LogP contribution in [0.5, 0.6) is 0 Å². The fraction of sp³-hybridized carbons (Fsp3) is 0.316. The van der Waals surface area contributed by atoms with Gasteiger partial charge in [-0.1, -0.05) is 24.3 Å². The quantitative estimate of drug-likeness (QED) is 0.828. The third-order valence-electron chi connectivity index (χ3n) is 4.32. The number of carbonyl (C=O) groups excluding carboxylic acids is 1. The largest absolute Gasteiger partial charge is 0.335 e. The van der Waals surface area contributed by atoms with Gasteiger partial charge in [0.05, 0.1) is 12.5 Å². The summed E-state index contributed by atoms with van der Waals surface area (Å²) < 4.78 is 26.4. The first-order chi connectivity index (χ1) is 11.1. The molecule has 120 valence electrons. The van der Waals surface area contributed by atoms with Crippen molar-refractivity contribution in [3.05, 3.63) is 71.3 Å². The number of nitrogens with zero attached hydrogens (tertiary/aromatic N) is 1. The number of halogens is 2. The molecule has 1 amide bonds. The van der Waals surface area contributed by atoms with E-state index in [2.05, 4.69) is 0 Å². The van der Waals surface area contributed by atoms with Crippen LogP contribution in [0.4, 0.5) is 8.78 Å². The van der Waals surface area contributed by atoms with Crippen molar-refractivity contribution in [3.63, 3.8) is 0 Å². The van der Waals surface area contributed by atoms with Gasteiger partial charge in [-0.05, 0) is 54.7 Å². The van der Waals surface area contributed by atoms with Crippen LogP contribution in [0.25, 0.3) is 0 Å². The maximum atomic E-state index is 13.3. The molecular weight excluding hydrogens is 296 g/mol. The zero-order chi connectivity index (χ0) is 16.2. The predicted molar refractivity (Wildman–Crippen MR) is 84.8 cm³/mol. The molecule has 2 aromatic rings. The van der Waals surface area contributed by atoms with Crippen LogP contribution in [0.15, 0.2) is 48.5 Å². The standard InChI is InChI=1S/C19H19F2NO/c20-16-9-7-15(8-10-16)18-6-1-2-11-22(18)19(23)13-14-4-3-5-17(21)12-14/h3-5,7-10,12,18H,1-2,6,11,13H2/t18-/m0/s1. The van der Waals surface area contributed by atoms with E-state index in [0.29, 0.717) is 12.1 Å². The number of piperidine rings is 1. The van der Waals surface area contributed by atoms with E-state index in [0.717, 1.165) is 24.8 Å².